The Morgan fingerprint density at radius 2 is 1.26 bits per heavy atom. The number of nitrogens with one attached hydrogen (secondary N) is 7. The lowest BCUT2D eigenvalue weighted by Crippen LogP contribution is -2.60. The van der Waals surface area contributed by atoms with Crippen LogP contribution in [-0.4, -0.2) is 252 Å². The number of benzene rings is 2. The number of thiazole rings is 1. The highest BCUT2D eigenvalue weighted by Crippen LogP contribution is 2.31. The summed E-state index contributed by atoms with van der Waals surface area (Å²) in [6, 6.07) is 9.71. The minimum Gasteiger partial charge on any atom is -0.445 e. The molecule has 10 atom stereocenters. The van der Waals surface area contributed by atoms with Crippen LogP contribution in [0.15, 0.2) is 78.3 Å². The fourth-order valence-corrected chi connectivity index (χ4v) is 13.8. The largest absolute Gasteiger partial charge is 0.445 e. The van der Waals surface area contributed by atoms with Crippen LogP contribution in [0.5, 0.6) is 0 Å². The number of amides is 13. The number of nitrogens with two attached hydrogens (primary N) is 1. The van der Waals surface area contributed by atoms with Gasteiger partial charge in [0.1, 0.15) is 35.8 Å². The van der Waals surface area contributed by atoms with Crippen LogP contribution in [0, 0.1) is 29.6 Å². The van der Waals surface area contributed by atoms with Crippen molar-refractivity contribution in [1.29, 1.82) is 0 Å². The summed E-state index contributed by atoms with van der Waals surface area (Å²) >= 11 is 1.46. The van der Waals surface area contributed by atoms with Gasteiger partial charge in [-0.3, -0.25) is 57.7 Å². The van der Waals surface area contributed by atoms with Crippen molar-refractivity contribution in [3.05, 3.63) is 94.5 Å². The molecule has 2 aromatic carbocycles. The highest BCUT2D eigenvalue weighted by molar-refractivity contribution is 7.09. The lowest BCUT2D eigenvalue weighted by Gasteiger charge is -2.40. The summed E-state index contributed by atoms with van der Waals surface area (Å²) < 4.78 is 39.9. The van der Waals surface area contributed by atoms with Crippen molar-refractivity contribution < 1.29 is 90.7 Å². The maximum atomic E-state index is 14.8. The number of likely N-dealkylation sites (tertiary alicyclic amines) is 1. The van der Waals surface area contributed by atoms with Crippen LogP contribution in [0.3, 0.4) is 0 Å². The first kappa shape index (κ1) is 91.6. The third-order valence-corrected chi connectivity index (χ3v) is 19.9. The first-order chi connectivity index (χ1) is 52.5. The van der Waals surface area contributed by atoms with Crippen LogP contribution in [-0.2, 0) is 94.1 Å². The van der Waals surface area contributed by atoms with Gasteiger partial charge in [0.2, 0.25) is 47.3 Å². The maximum absolute atomic E-state index is 14.8. The molecule has 0 unspecified atom stereocenters. The van der Waals surface area contributed by atoms with E-state index >= 15 is 0 Å². The normalized spacial score (nSPS) is 16.0. The Morgan fingerprint density at radius 3 is 1.84 bits per heavy atom. The SMILES string of the molecule is CO[C@H]([C@@H](C)C(=O)N[C@@H](Cc1ccccc1)c1nccs1)[C@@H]1CCCN1C(=O)C[C@@H](OC)[C@H](C(C)C)N(C)C(=O)[C@@H](NC(=O)[C@H](C(C)C)N(C)C(=O)OCc1ccc(NC(=O)[C@H](CCCNC(N)=O)NC(=O)[C@@H](NC(=O)CCOCCOCCOCCOCCNC(=O)CCN2C(=O)C=CC2=O)C(C)C)cc1)C(C)C. The number of rotatable bonds is 50. The molecule has 0 bridgehead atoms. The van der Waals surface area contributed by atoms with Crippen molar-refractivity contribution in [3.8, 4) is 0 Å². The quantitative estimate of drug-likeness (QED) is 0.0287. The van der Waals surface area contributed by atoms with Gasteiger partial charge < -0.3 is 85.9 Å². The molecule has 1 aromatic heterocycles. The van der Waals surface area contributed by atoms with Crippen molar-refractivity contribution in [1.82, 2.24) is 56.5 Å². The van der Waals surface area contributed by atoms with Crippen LogP contribution >= 0.6 is 11.3 Å². The van der Waals surface area contributed by atoms with Gasteiger partial charge in [-0.15, -0.1) is 11.3 Å². The zero-order valence-corrected chi connectivity index (χ0v) is 66.7. The van der Waals surface area contributed by atoms with Gasteiger partial charge in [0.15, 0.2) is 0 Å². The van der Waals surface area contributed by atoms with Gasteiger partial charge in [-0.25, -0.2) is 14.6 Å². The molecule has 2 aliphatic rings. The minimum absolute atomic E-state index is 0.00153. The molecular weight excluding hydrogens is 1440 g/mol. The Labute approximate surface area is 649 Å². The first-order valence-electron chi connectivity index (χ1n) is 37.7. The summed E-state index contributed by atoms with van der Waals surface area (Å²) in [5.74, 6) is -6.51. The number of methoxy groups -OCH3 is 2. The molecule has 1 fully saturated rings. The zero-order valence-electron chi connectivity index (χ0n) is 65.9. The van der Waals surface area contributed by atoms with Gasteiger partial charge in [-0.1, -0.05) is 105 Å². The topological polar surface area (TPSA) is 406 Å². The van der Waals surface area contributed by atoms with Crippen molar-refractivity contribution in [2.75, 3.05) is 113 Å². The number of nitrogens with zero attached hydrogens (tertiary/aromatic N) is 5. The summed E-state index contributed by atoms with van der Waals surface area (Å²) in [7, 11) is 6.11. The molecule has 0 aliphatic carbocycles. The van der Waals surface area contributed by atoms with Crippen molar-refractivity contribution in [3.63, 3.8) is 0 Å². The summed E-state index contributed by atoms with van der Waals surface area (Å²) in [5.41, 5.74) is 7.16. The van der Waals surface area contributed by atoms with E-state index in [1.165, 1.54) is 35.3 Å². The van der Waals surface area contributed by atoms with E-state index in [-0.39, 0.29) is 134 Å². The molecule has 9 N–H and O–H groups in total. The predicted molar refractivity (Wildman–Crippen MR) is 410 cm³/mol. The number of carbonyl (C=O) groups is 12. The molecule has 32 nitrogen and oxygen atoms in total. The lowest BCUT2D eigenvalue weighted by molar-refractivity contribution is -0.147. The van der Waals surface area contributed by atoms with Gasteiger partial charge in [0, 0.05) is 96.8 Å². The van der Waals surface area contributed by atoms with Gasteiger partial charge in [-0.2, -0.15) is 0 Å². The Kier molecular flexibility index (Phi) is 39.9. The minimum atomic E-state index is -1.13. The third kappa shape index (κ3) is 30.0. The van der Waals surface area contributed by atoms with Crippen LogP contribution in [0.1, 0.15) is 129 Å². The second kappa shape index (κ2) is 47.9. The Hall–Kier alpha value is -8.99. The molecule has 13 amide bonds. The monoisotopic (exact) mass is 1560 g/mol. The molecule has 2 aliphatic heterocycles. The van der Waals surface area contributed by atoms with E-state index in [0.29, 0.717) is 43.7 Å². The average Bonchev–Trinajstić information content (AvgIpc) is 1.45. The van der Waals surface area contributed by atoms with Gasteiger partial charge >= 0.3 is 12.1 Å². The molecule has 1 saturated heterocycles. The van der Waals surface area contributed by atoms with E-state index in [1.807, 2.05) is 56.5 Å². The van der Waals surface area contributed by atoms with Gasteiger partial charge in [0.05, 0.1) is 95.5 Å². The number of anilines is 1. The van der Waals surface area contributed by atoms with Crippen LogP contribution in [0.4, 0.5) is 15.3 Å². The number of hydrogen-bond donors (Lipinski definition) is 8. The highest BCUT2D eigenvalue weighted by Gasteiger charge is 2.44. The van der Waals surface area contributed by atoms with Crippen molar-refractivity contribution in [2.45, 2.75) is 175 Å². The van der Waals surface area contributed by atoms with E-state index < -0.39 is 126 Å². The Morgan fingerprint density at radius 1 is 0.636 bits per heavy atom. The number of ether oxygens (including phenoxy) is 7. The van der Waals surface area contributed by atoms with E-state index in [2.05, 4.69) is 42.2 Å². The molecule has 33 heteroatoms. The predicted octanol–water partition coefficient (Wildman–Crippen LogP) is 4.41. The lowest BCUT2D eigenvalue weighted by atomic mass is 9.91. The first-order valence-corrected chi connectivity index (χ1v) is 38.5. The Balaban J connectivity index is 1.07. The van der Waals surface area contributed by atoms with E-state index in [0.717, 1.165) is 27.6 Å². The van der Waals surface area contributed by atoms with E-state index in [1.54, 1.807) is 91.1 Å². The number of primary amides is 1. The number of likely N-dealkylation sites (N-methyl/N-ethyl adjacent to an activating group) is 2. The van der Waals surface area contributed by atoms with Gasteiger partial charge in [-0.05, 0) is 79.0 Å². The third-order valence-electron chi connectivity index (χ3n) is 19.0. The molecule has 0 spiro atoms. The summed E-state index contributed by atoms with van der Waals surface area (Å²) in [6.07, 6.45) is 3.78. The molecule has 3 aromatic rings. The van der Waals surface area contributed by atoms with Crippen LogP contribution in [0.25, 0.3) is 0 Å². The summed E-state index contributed by atoms with van der Waals surface area (Å²) in [6.45, 7) is 18.6. The van der Waals surface area contributed by atoms with E-state index in [4.69, 9.17) is 38.9 Å². The zero-order chi connectivity index (χ0) is 81.0. The van der Waals surface area contributed by atoms with Crippen molar-refractivity contribution >= 4 is 88.2 Å². The van der Waals surface area contributed by atoms with Crippen LogP contribution in [0.2, 0.25) is 0 Å². The number of carbonyl (C=O) groups excluding carboxylic acids is 12. The average molecular weight is 1560 g/mol. The van der Waals surface area contributed by atoms with Crippen molar-refractivity contribution in [2.24, 2.45) is 35.3 Å². The summed E-state index contributed by atoms with van der Waals surface area (Å²) in [5, 5.41) is 22.2. The standard InChI is InChI=1S/C77H117N13O19S/c1-48(2)65(85-61(92)30-36-105-38-40-107-42-43-108-41-39-106-37-32-79-60(91)29-35-90-62(93)27-28-63(90)94)72(98)83-56(21-17-31-81-76(78)101)71(97)82-55-25-23-54(24-26-55)47-109-77(102)88(11)68(51(7)8)73(99)86-66(49(3)4)75(100)87(10)67(50(5)6)59(103-12)46-64(95)89-34-18-22-58(89)69(104-13)52(9)70(96)84-57(74-80-33-44-110-74)45-53-19-15-14-16-20-53/h14-16,19-20,23-28,33,44,48-52,56-59,65-69H,17-18,21-22,29-32,34-43,45-47H2,1-13H3,(H,79,91)(H,82,97)(H,83,98)(H,84,96)(H,85,92)(H,86,99)(H3,78,81,101)/t52-,56+,57+,58+,59-,65+,66+,67+,68+,69-/m1/s1. The molecule has 110 heavy (non-hydrogen) atoms. The fraction of sp³-hybridized carbons (Fsp3) is 0.623. The molecule has 0 radical (unpaired) electrons. The number of hydrogen-bond acceptors (Lipinski definition) is 21. The molecule has 3 heterocycles. The Bertz CT molecular complexity index is 3440. The number of aromatic nitrogens is 1. The summed E-state index contributed by atoms with van der Waals surface area (Å²) in [4.78, 5) is 169. The maximum Gasteiger partial charge on any atom is 0.410 e. The number of urea groups is 1. The molecule has 5 rings (SSSR count). The number of imide groups is 1. The smallest absolute Gasteiger partial charge is 0.410 e. The molecule has 610 valence electrons. The van der Waals surface area contributed by atoms with Gasteiger partial charge in [0.25, 0.3) is 11.8 Å². The highest BCUT2D eigenvalue weighted by atomic mass is 32.1. The molecule has 0 saturated carbocycles. The second-order valence-electron chi connectivity index (χ2n) is 28.6. The molecular formula is C77H117N13O19S. The fourth-order valence-electron chi connectivity index (χ4n) is 13.1. The second-order valence-corrected chi connectivity index (χ2v) is 29.5. The van der Waals surface area contributed by atoms with Crippen LogP contribution < -0.4 is 43.0 Å². The van der Waals surface area contributed by atoms with E-state index in [9.17, 15) is 57.5 Å².